The van der Waals surface area contributed by atoms with Crippen molar-refractivity contribution in [2.24, 2.45) is 5.84 Å². The minimum atomic E-state index is -0.406. The number of H-pyrrole nitrogens is 1. The molecule has 104 valence electrons. The smallest absolute Gasteiger partial charge is 0.251 e. The molecule has 0 aliphatic heterocycles. The summed E-state index contributed by atoms with van der Waals surface area (Å²) in [4.78, 5) is 29.7. The highest BCUT2D eigenvalue weighted by Crippen LogP contribution is 2.23. The standard InChI is InChI=1S/C13H14N4O2S/c14-17-12(19)10(9-4-2-1-3-5-9)8-20-13-15-7-6-11(18)16-13/h1-7,10H,8,14H2,(H,17,19)(H,15,16,18). The van der Waals surface area contributed by atoms with Crippen LogP contribution in [0.25, 0.3) is 0 Å². The summed E-state index contributed by atoms with van der Waals surface area (Å²) in [5.41, 5.74) is 2.81. The monoisotopic (exact) mass is 290 g/mol. The molecule has 1 heterocycles. The van der Waals surface area contributed by atoms with E-state index in [0.29, 0.717) is 10.9 Å². The average Bonchev–Trinajstić information content (AvgIpc) is 2.48. The van der Waals surface area contributed by atoms with Crippen molar-refractivity contribution in [1.29, 1.82) is 0 Å². The highest BCUT2D eigenvalue weighted by Gasteiger charge is 2.20. The van der Waals surface area contributed by atoms with Crippen LogP contribution in [0.5, 0.6) is 0 Å². The third-order valence-electron chi connectivity index (χ3n) is 2.70. The molecule has 1 unspecified atom stereocenters. The number of carbonyl (C=O) groups excluding carboxylic acids is 1. The second kappa shape index (κ2) is 6.88. The number of nitrogens with zero attached hydrogens (tertiary/aromatic N) is 1. The third-order valence-corrected chi connectivity index (χ3v) is 3.68. The van der Waals surface area contributed by atoms with E-state index in [1.54, 1.807) is 0 Å². The molecule has 2 rings (SSSR count). The van der Waals surface area contributed by atoms with Gasteiger partial charge in [-0.2, -0.15) is 0 Å². The van der Waals surface area contributed by atoms with Crippen LogP contribution in [0.15, 0.2) is 52.5 Å². The molecule has 0 aliphatic rings. The first kappa shape index (κ1) is 14.3. The van der Waals surface area contributed by atoms with E-state index >= 15 is 0 Å². The van der Waals surface area contributed by atoms with Crippen molar-refractivity contribution in [2.75, 3.05) is 5.75 Å². The molecular weight excluding hydrogens is 276 g/mol. The summed E-state index contributed by atoms with van der Waals surface area (Å²) in [5, 5.41) is 0.475. The van der Waals surface area contributed by atoms with Crippen LogP contribution >= 0.6 is 11.8 Å². The van der Waals surface area contributed by atoms with Gasteiger partial charge in [-0.3, -0.25) is 15.0 Å². The fourth-order valence-corrected chi connectivity index (χ4v) is 2.67. The maximum atomic E-state index is 11.9. The van der Waals surface area contributed by atoms with Gasteiger partial charge in [-0.15, -0.1) is 0 Å². The molecule has 6 nitrogen and oxygen atoms in total. The summed E-state index contributed by atoms with van der Waals surface area (Å²) >= 11 is 1.30. The number of hydrazine groups is 1. The lowest BCUT2D eigenvalue weighted by molar-refractivity contribution is -0.122. The number of hydrogen-bond donors (Lipinski definition) is 3. The molecule has 1 atom stereocenters. The van der Waals surface area contributed by atoms with E-state index in [9.17, 15) is 9.59 Å². The molecule has 0 bridgehead atoms. The molecule has 1 aromatic carbocycles. The van der Waals surface area contributed by atoms with Crippen LogP contribution < -0.4 is 16.8 Å². The van der Waals surface area contributed by atoms with E-state index in [4.69, 9.17) is 5.84 Å². The van der Waals surface area contributed by atoms with E-state index < -0.39 is 5.92 Å². The van der Waals surface area contributed by atoms with Gasteiger partial charge in [-0.05, 0) is 5.56 Å². The van der Waals surface area contributed by atoms with Crippen molar-refractivity contribution >= 4 is 17.7 Å². The minimum absolute atomic E-state index is 0.220. The summed E-state index contributed by atoms with van der Waals surface area (Å²) in [6.45, 7) is 0. The Hall–Kier alpha value is -2.12. The molecule has 0 saturated carbocycles. The van der Waals surface area contributed by atoms with Crippen molar-refractivity contribution < 1.29 is 4.79 Å². The molecule has 1 aromatic heterocycles. The zero-order chi connectivity index (χ0) is 14.4. The Balaban J connectivity index is 2.13. The quantitative estimate of drug-likeness (QED) is 0.246. The SMILES string of the molecule is NNC(=O)C(CSc1nccc(=O)[nH]1)c1ccccc1. The van der Waals surface area contributed by atoms with Crippen molar-refractivity contribution in [3.8, 4) is 0 Å². The van der Waals surface area contributed by atoms with Crippen molar-refractivity contribution in [3.63, 3.8) is 0 Å². The predicted molar refractivity (Wildman–Crippen MR) is 77.1 cm³/mol. The van der Waals surface area contributed by atoms with Crippen LogP contribution in [-0.2, 0) is 4.79 Å². The van der Waals surface area contributed by atoms with Crippen LogP contribution in [0.4, 0.5) is 0 Å². The number of benzene rings is 1. The molecule has 1 amide bonds. The first-order valence-electron chi connectivity index (χ1n) is 5.94. The second-order valence-electron chi connectivity index (χ2n) is 4.02. The van der Waals surface area contributed by atoms with Crippen LogP contribution in [0, 0.1) is 0 Å². The van der Waals surface area contributed by atoms with Crippen molar-refractivity contribution in [3.05, 3.63) is 58.5 Å². The molecule has 20 heavy (non-hydrogen) atoms. The van der Waals surface area contributed by atoms with Gasteiger partial charge in [0.05, 0.1) is 5.92 Å². The molecule has 7 heteroatoms. The van der Waals surface area contributed by atoms with Crippen LogP contribution in [-0.4, -0.2) is 21.6 Å². The summed E-state index contributed by atoms with van der Waals surface area (Å²) in [6.07, 6.45) is 1.43. The number of amides is 1. The lowest BCUT2D eigenvalue weighted by atomic mass is 10.0. The van der Waals surface area contributed by atoms with Crippen molar-refractivity contribution in [2.45, 2.75) is 11.1 Å². The summed E-state index contributed by atoms with van der Waals surface area (Å²) in [6, 6.07) is 10.7. The number of nitrogens with two attached hydrogens (primary N) is 1. The Morgan fingerprint density at radius 2 is 2.10 bits per heavy atom. The number of aromatic nitrogens is 2. The molecule has 0 saturated heterocycles. The fourth-order valence-electron chi connectivity index (χ4n) is 1.70. The third kappa shape index (κ3) is 3.69. The van der Waals surface area contributed by atoms with Gasteiger partial charge in [0.2, 0.25) is 5.91 Å². The molecule has 0 fully saturated rings. The van der Waals surface area contributed by atoms with E-state index in [1.807, 2.05) is 30.3 Å². The molecule has 4 N–H and O–H groups in total. The summed E-state index contributed by atoms with van der Waals surface area (Å²) in [7, 11) is 0. The Labute approximate surface area is 119 Å². The molecular formula is C13H14N4O2S. The first-order chi connectivity index (χ1) is 9.70. The van der Waals surface area contributed by atoms with Gasteiger partial charge in [-0.25, -0.2) is 10.8 Å². The van der Waals surface area contributed by atoms with Gasteiger partial charge in [0, 0.05) is 18.0 Å². The molecule has 2 aromatic rings. The van der Waals surface area contributed by atoms with Gasteiger partial charge >= 0.3 is 0 Å². The number of nitrogens with one attached hydrogen (secondary N) is 2. The predicted octanol–water partition coefficient (Wildman–Crippen LogP) is 0.636. The zero-order valence-electron chi connectivity index (χ0n) is 10.6. The van der Waals surface area contributed by atoms with Crippen LogP contribution in [0.2, 0.25) is 0 Å². The largest absolute Gasteiger partial charge is 0.301 e. The Bertz CT molecular complexity index is 630. The maximum Gasteiger partial charge on any atom is 0.251 e. The average molecular weight is 290 g/mol. The maximum absolute atomic E-state index is 11.9. The Morgan fingerprint density at radius 1 is 1.35 bits per heavy atom. The van der Waals surface area contributed by atoms with E-state index in [1.165, 1.54) is 24.0 Å². The topological polar surface area (TPSA) is 101 Å². The zero-order valence-corrected chi connectivity index (χ0v) is 11.4. The number of rotatable bonds is 5. The van der Waals surface area contributed by atoms with Gasteiger partial charge in [0.1, 0.15) is 0 Å². The normalized spacial score (nSPS) is 11.8. The molecule has 0 spiro atoms. The van der Waals surface area contributed by atoms with Gasteiger partial charge in [0.15, 0.2) is 5.16 Å². The van der Waals surface area contributed by atoms with E-state index in [2.05, 4.69) is 15.4 Å². The molecule has 0 aliphatic carbocycles. The number of carbonyl (C=O) groups is 1. The van der Waals surface area contributed by atoms with E-state index in [0.717, 1.165) is 5.56 Å². The number of aromatic amines is 1. The fraction of sp³-hybridized carbons (Fsp3) is 0.154. The number of thioether (sulfide) groups is 1. The minimum Gasteiger partial charge on any atom is -0.301 e. The van der Waals surface area contributed by atoms with Gasteiger partial charge in [0.25, 0.3) is 5.56 Å². The van der Waals surface area contributed by atoms with Gasteiger partial charge < -0.3 is 4.98 Å². The first-order valence-corrected chi connectivity index (χ1v) is 6.93. The van der Waals surface area contributed by atoms with Gasteiger partial charge in [-0.1, -0.05) is 42.1 Å². The highest BCUT2D eigenvalue weighted by molar-refractivity contribution is 7.99. The highest BCUT2D eigenvalue weighted by atomic mass is 32.2. The van der Waals surface area contributed by atoms with Crippen LogP contribution in [0.1, 0.15) is 11.5 Å². The number of hydrogen-bond acceptors (Lipinski definition) is 5. The lowest BCUT2D eigenvalue weighted by Crippen LogP contribution is -2.35. The Kier molecular flexibility index (Phi) is 4.91. The lowest BCUT2D eigenvalue weighted by Gasteiger charge is -2.14. The van der Waals surface area contributed by atoms with E-state index in [-0.39, 0.29) is 11.5 Å². The summed E-state index contributed by atoms with van der Waals surface area (Å²) < 4.78 is 0. The summed E-state index contributed by atoms with van der Waals surface area (Å²) in [5.74, 6) is 4.97. The Morgan fingerprint density at radius 3 is 2.75 bits per heavy atom. The van der Waals surface area contributed by atoms with Crippen LogP contribution in [0.3, 0.4) is 0 Å². The van der Waals surface area contributed by atoms with Crippen molar-refractivity contribution in [1.82, 2.24) is 15.4 Å². The molecule has 0 radical (unpaired) electrons. The second-order valence-corrected chi connectivity index (χ2v) is 5.03.